The minimum atomic E-state index is 0.268. The van der Waals surface area contributed by atoms with Gasteiger partial charge in [-0.25, -0.2) is 0 Å². The van der Waals surface area contributed by atoms with Crippen molar-refractivity contribution in [2.45, 2.75) is 19.9 Å². The molecule has 2 nitrogen and oxygen atoms in total. The van der Waals surface area contributed by atoms with Gasteiger partial charge >= 0.3 is 0 Å². The van der Waals surface area contributed by atoms with Crippen LogP contribution in [-0.4, -0.2) is 11.5 Å². The van der Waals surface area contributed by atoms with Crippen molar-refractivity contribution in [3.05, 3.63) is 52.0 Å². The number of hydrogen-bond donors (Lipinski definition) is 1. The summed E-state index contributed by atoms with van der Waals surface area (Å²) in [6.07, 6.45) is 3.80. The Labute approximate surface area is 100 Å². The maximum absolute atomic E-state index is 4.22. The molecule has 2 aromatic rings. The molecule has 0 saturated heterocycles. The molecule has 0 aromatic carbocycles. The van der Waals surface area contributed by atoms with Crippen LogP contribution in [0.5, 0.6) is 0 Å². The minimum Gasteiger partial charge on any atom is -0.306 e. The van der Waals surface area contributed by atoms with E-state index in [0.29, 0.717) is 0 Å². The number of rotatable bonds is 4. The third kappa shape index (κ3) is 2.31. The van der Waals surface area contributed by atoms with Crippen LogP contribution in [0.1, 0.15) is 29.7 Å². The molecule has 16 heavy (non-hydrogen) atoms. The number of thiophene rings is 1. The predicted octanol–water partition coefficient (Wildman–Crippen LogP) is 3.15. The lowest BCUT2D eigenvalue weighted by Gasteiger charge is -2.18. The highest BCUT2D eigenvalue weighted by Crippen LogP contribution is 2.25. The Morgan fingerprint density at radius 3 is 2.94 bits per heavy atom. The number of aryl methyl sites for hydroxylation is 1. The van der Waals surface area contributed by atoms with Crippen LogP contribution < -0.4 is 5.32 Å². The van der Waals surface area contributed by atoms with Crippen LogP contribution in [0.2, 0.25) is 0 Å². The van der Waals surface area contributed by atoms with Crippen LogP contribution in [0, 0.1) is 6.92 Å². The summed E-state index contributed by atoms with van der Waals surface area (Å²) in [4.78, 5) is 4.22. The summed E-state index contributed by atoms with van der Waals surface area (Å²) < 4.78 is 0. The Balaban J connectivity index is 2.37. The van der Waals surface area contributed by atoms with Crippen molar-refractivity contribution in [3.63, 3.8) is 0 Å². The molecule has 0 saturated carbocycles. The summed E-state index contributed by atoms with van der Waals surface area (Å²) >= 11 is 1.73. The zero-order chi connectivity index (χ0) is 11.4. The first kappa shape index (κ1) is 11.3. The maximum atomic E-state index is 4.22. The molecule has 2 aromatic heterocycles. The molecule has 0 radical (unpaired) electrons. The molecule has 0 spiro atoms. The van der Waals surface area contributed by atoms with Gasteiger partial charge in [0.1, 0.15) is 0 Å². The second kappa shape index (κ2) is 5.23. The molecule has 1 unspecified atom stereocenters. The summed E-state index contributed by atoms with van der Waals surface area (Å²) in [6.45, 7) is 5.22. The Morgan fingerprint density at radius 2 is 2.31 bits per heavy atom. The first-order chi connectivity index (χ1) is 7.83. The summed E-state index contributed by atoms with van der Waals surface area (Å²) in [6, 6.07) is 4.50. The molecule has 0 aliphatic carbocycles. The highest BCUT2D eigenvalue weighted by atomic mass is 32.1. The number of nitrogens with zero attached hydrogens (tertiary/aromatic N) is 1. The van der Waals surface area contributed by atoms with E-state index >= 15 is 0 Å². The standard InChI is InChI=1S/C13H16N2S/c1-3-15-13(11-5-7-16-9-11)12-8-14-6-4-10(12)2/h4-9,13,15H,3H2,1-2H3. The number of aromatic nitrogens is 1. The van der Waals surface area contributed by atoms with Crippen molar-refractivity contribution in [1.82, 2.24) is 10.3 Å². The SMILES string of the molecule is CCNC(c1ccsc1)c1cnccc1C. The third-order valence-electron chi connectivity index (χ3n) is 2.68. The second-order valence-corrected chi connectivity index (χ2v) is 4.56. The van der Waals surface area contributed by atoms with Crippen molar-refractivity contribution in [2.75, 3.05) is 6.54 Å². The van der Waals surface area contributed by atoms with Gasteiger partial charge in [-0.3, -0.25) is 4.98 Å². The molecule has 0 amide bonds. The summed E-state index contributed by atoms with van der Waals surface area (Å²) in [5.74, 6) is 0. The quantitative estimate of drug-likeness (QED) is 0.876. The summed E-state index contributed by atoms with van der Waals surface area (Å²) in [5.41, 5.74) is 3.87. The van der Waals surface area contributed by atoms with Crippen LogP contribution in [0.25, 0.3) is 0 Å². The van der Waals surface area contributed by atoms with E-state index < -0.39 is 0 Å². The highest BCUT2D eigenvalue weighted by Gasteiger charge is 2.15. The lowest BCUT2D eigenvalue weighted by Crippen LogP contribution is -2.22. The molecule has 0 bridgehead atoms. The lowest BCUT2D eigenvalue weighted by atomic mass is 9.99. The topological polar surface area (TPSA) is 24.9 Å². The van der Waals surface area contributed by atoms with E-state index in [1.54, 1.807) is 11.3 Å². The van der Waals surface area contributed by atoms with E-state index in [1.807, 2.05) is 12.4 Å². The number of pyridine rings is 1. The van der Waals surface area contributed by atoms with Crippen LogP contribution >= 0.6 is 11.3 Å². The fraction of sp³-hybridized carbons (Fsp3) is 0.308. The Bertz CT molecular complexity index is 437. The van der Waals surface area contributed by atoms with Crippen molar-refractivity contribution < 1.29 is 0 Å². The van der Waals surface area contributed by atoms with Crippen molar-refractivity contribution >= 4 is 11.3 Å². The molecular formula is C13H16N2S. The van der Waals surface area contributed by atoms with E-state index in [0.717, 1.165) is 6.54 Å². The van der Waals surface area contributed by atoms with Crippen LogP contribution in [-0.2, 0) is 0 Å². The van der Waals surface area contributed by atoms with Gasteiger partial charge in [-0.2, -0.15) is 11.3 Å². The Kier molecular flexibility index (Phi) is 3.70. The third-order valence-corrected chi connectivity index (χ3v) is 3.38. The number of nitrogens with one attached hydrogen (secondary N) is 1. The monoisotopic (exact) mass is 232 g/mol. The minimum absolute atomic E-state index is 0.268. The molecule has 2 rings (SSSR count). The van der Waals surface area contributed by atoms with Crippen molar-refractivity contribution in [1.29, 1.82) is 0 Å². The fourth-order valence-electron chi connectivity index (χ4n) is 1.83. The smallest absolute Gasteiger partial charge is 0.0602 e. The average Bonchev–Trinajstić information content (AvgIpc) is 2.80. The largest absolute Gasteiger partial charge is 0.306 e. The molecule has 84 valence electrons. The average molecular weight is 232 g/mol. The molecule has 0 aliphatic heterocycles. The first-order valence-corrected chi connectivity index (χ1v) is 6.43. The Hall–Kier alpha value is -1.19. The molecular weight excluding hydrogens is 216 g/mol. The van der Waals surface area contributed by atoms with Gasteiger partial charge in [0.15, 0.2) is 0 Å². The zero-order valence-corrected chi connectivity index (χ0v) is 10.4. The molecule has 1 N–H and O–H groups in total. The molecule has 0 fully saturated rings. The van der Waals surface area contributed by atoms with Crippen LogP contribution in [0.3, 0.4) is 0 Å². The number of hydrogen-bond acceptors (Lipinski definition) is 3. The van der Waals surface area contributed by atoms with Crippen molar-refractivity contribution in [2.24, 2.45) is 0 Å². The van der Waals surface area contributed by atoms with E-state index in [4.69, 9.17) is 0 Å². The highest BCUT2D eigenvalue weighted by molar-refractivity contribution is 7.08. The van der Waals surface area contributed by atoms with E-state index in [1.165, 1.54) is 16.7 Å². The molecule has 1 atom stereocenters. The van der Waals surface area contributed by atoms with E-state index in [9.17, 15) is 0 Å². The summed E-state index contributed by atoms with van der Waals surface area (Å²) in [5, 5.41) is 7.82. The summed E-state index contributed by atoms with van der Waals surface area (Å²) in [7, 11) is 0. The van der Waals surface area contributed by atoms with Gasteiger partial charge in [0.25, 0.3) is 0 Å². The van der Waals surface area contributed by atoms with Gasteiger partial charge in [0.05, 0.1) is 6.04 Å². The van der Waals surface area contributed by atoms with E-state index in [2.05, 4.69) is 47.0 Å². The van der Waals surface area contributed by atoms with Gasteiger partial charge in [-0.15, -0.1) is 0 Å². The normalized spacial score (nSPS) is 12.6. The first-order valence-electron chi connectivity index (χ1n) is 5.49. The zero-order valence-electron chi connectivity index (χ0n) is 9.60. The lowest BCUT2D eigenvalue weighted by molar-refractivity contribution is 0.627. The Morgan fingerprint density at radius 1 is 1.44 bits per heavy atom. The van der Waals surface area contributed by atoms with Gasteiger partial charge in [-0.1, -0.05) is 6.92 Å². The van der Waals surface area contributed by atoms with Gasteiger partial charge in [-0.05, 0) is 53.1 Å². The van der Waals surface area contributed by atoms with Crippen LogP contribution in [0.4, 0.5) is 0 Å². The van der Waals surface area contributed by atoms with Crippen LogP contribution in [0.15, 0.2) is 35.3 Å². The molecule has 0 aliphatic rings. The molecule has 3 heteroatoms. The maximum Gasteiger partial charge on any atom is 0.0602 e. The van der Waals surface area contributed by atoms with Gasteiger partial charge in [0.2, 0.25) is 0 Å². The fourth-order valence-corrected chi connectivity index (χ4v) is 2.52. The molecule has 2 heterocycles. The predicted molar refractivity (Wildman–Crippen MR) is 68.8 cm³/mol. The van der Waals surface area contributed by atoms with Crippen molar-refractivity contribution in [3.8, 4) is 0 Å². The second-order valence-electron chi connectivity index (χ2n) is 3.78. The van der Waals surface area contributed by atoms with E-state index in [-0.39, 0.29) is 6.04 Å². The van der Waals surface area contributed by atoms with Gasteiger partial charge in [0, 0.05) is 12.4 Å². The van der Waals surface area contributed by atoms with Gasteiger partial charge < -0.3 is 5.32 Å².